The molecule has 162 valence electrons. The first-order chi connectivity index (χ1) is 15.4. The molecule has 1 heterocycles. The van der Waals surface area contributed by atoms with Crippen LogP contribution in [0, 0.1) is 0 Å². The number of piperazine rings is 1. The van der Waals surface area contributed by atoms with Gasteiger partial charge >= 0.3 is 0 Å². The summed E-state index contributed by atoms with van der Waals surface area (Å²) in [6.07, 6.45) is 0.812. The largest absolute Gasteiger partial charge is 0.354 e. The minimum atomic E-state index is -3.87. The van der Waals surface area contributed by atoms with E-state index in [1.165, 1.54) is 29.3 Å². The number of amides is 2. The molecule has 0 spiro atoms. The second kappa shape index (κ2) is 7.89. The third-order valence-electron chi connectivity index (χ3n) is 5.79. The molecule has 2 aliphatic rings. The molecule has 0 bridgehead atoms. The number of carbonyl (C=O) groups excluding carboxylic acids is 2. The summed E-state index contributed by atoms with van der Waals surface area (Å²) in [7, 11) is -3.87. The molecule has 1 saturated heterocycles. The molecule has 0 saturated carbocycles. The smallest absolute Gasteiger partial charge is 0.255 e. The van der Waals surface area contributed by atoms with Crippen molar-refractivity contribution in [2.45, 2.75) is 11.3 Å². The zero-order valence-electron chi connectivity index (χ0n) is 17.2. The molecular weight excluding hydrogens is 426 g/mol. The lowest BCUT2D eigenvalue weighted by Crippen LogP contribution is -2.49. The van der Waals surface area contributed by atoms with E-state index < -0.39 is 15.9 Å². The SMILES string of the molecule is O=C1CN(S(=O)(=O)c2cccc(C(=O)Nc3ccc4c(c3)Cc3ccccc3-4)c2)CCN1. The van der Waals surface area contributed by atoms with E-state index in [4.69, 9.17) is 0 Å². The Labute approximate surface area is 186 Å². The number of rotatable bonds is 4. The predicted octanol–water partition coefficient (Wildman–Crippen LogP) is 2.63. The van der Waals surface area contributed by atoms with Crippen molar-refractivity contribution in [3.63, 3.8) is 0 Å². The van der Waals surface area contributed by atoms with E-state index in [1.54, 1.807) is 6.07 Å². The Morgan fingerprint density at radius 2 is 1.75 bits per heavy atom. The zero-order chi connectivity index (χ0) is 22.3. The third-order valence-corrected chi connectivity index (χ3v) is 7.63. The maximum absolute atomic E-state index is 12.9. The van der Waals surface area contributed by atoms with Crippen molar-refractivity contribution in [1.29, 1.82) is 0 Å². The van der Waals surface area contributed by atoms with Crippen LogP contribution >= 0.6 is 0 Å². The highest BCUT2D eigenvalue weighted by atomic mass is 32.2. The van der Waals surface area contributed by atoms with E-state index in [-0.39, 0.29) is 36.0 Å². The highest BCUT2D eigenvalue weighted by molar-refractivity contribution is 7.89. The van der Waals surface area contributed by atoms with Crippen LogP contribution in [-0.4, -0.2) is 44.2 Å². The van der Waals surface area contributed by atoms with Crippen LogP contribution in [0.2, 0.25) is 0 Å². The van der Waals surface area contributed by atoms with Crippen LogP contribution in [0.25, 0.3) is 11.1 Å². The summed E-state index contributed by atoms with van der Waals surface area (Å²) < 4.78 is 27.0. The summed E-state index contributed by atoms with van der Waals surface area (Å²) in [6.45, 7) is 0.235. The van der Waals surface area contributed by atoms with Gasteiger partial charge in [0.1, 0.15) is 0 Å². The van der Waals surface area contributed by atoms with Crippen molar-refractivity contribution < 1.29 is 18.0 Å². The predicted molar refractivity (Wildman–Crippen MR) is 121 cm³/mol. The van der Waals surface area contributed by atoms with Crippen LogP contribution in [0.4, 0.5) is 5.69 Å². The lowest BCUT2D eigenvalue weighted by atomic mass is 10.1. The lowest BCUT2D eigenvalue weighted by Gasteiger charge is -2.26. The van der Waals surface area contributed by atoms with Crippen molar-refractivity contribution in [2.24, 2.45) is 0 Å². The Morgan fingerprint density at radius 1 is 0.938 bits per heavy atom. The fraction of sp³-hybridized carbons (Fsp3) is 0.167. The number of nitrogens with zero attached hydrogens (tertiary/aromatic N) is 1. The molecule has 1 aliphatic carbocycles. The minimum Gasteiger partial charge on any atom is -0.354 e. The number of nitrogens with one attached hydrogen (secondary N) is 2. The van der Waals surface area contributed by atoms with Gasteiger partial charge in [0, 0.05) is 24.3 Å². The molecule has 8 heteroatoms. The number of hydrogen-bond acceptors (Lipinski definition) is 4. The Hall–Kier alpha value is -3.49. The standard InChI is InChI=1S/C24H21N3O4S/c28-23-15-27(11-10-25-23)32(30,31)20-6-3-5-17(14-20)24(29)26-19-8-9-22-18(13-19)12-16-4-1-2-7-21(16)22/h1-9,13-14H,10-12,15H2,(H,25,28)(H,26,29). The Bertz CT molecular complexity index is 1350. The van der Waals surface area contributed by atoms with E-state index in [2.05, 4.69) is 22.8 Å². The van der Waals surface area contributed by atoms with Crippen molar-refractivity contribution in [3.8, 4) is 11.1 Å². The van der Waals surface area contributed by atoms with Gasteiger partial charge in [-0.25, -0.2) is 8.42 Å². The van der Waals surface area contributed by atoms with Gasteiger partial charge in [-0.05, 0) is 59.0 Å². The Kier molecular flexibility index (Phi) is 5.03. The lowest BCUT2D eigenvalue weighted by molar-refractivity contribution is -0.122. The average molecular weight is 448 g/mol. The monoisotopic (exact) mass is 447 g/mol. The van der Waals surface area contributed by atoms with Crippen molar-refractivity contribution in [3.05, 3.63) is 83.4 Å². The number of anilines is 1. The maximum atomic E-state index is 12.9. The number of carbonyl (C=O) groups is 2. The summed E-state index contributed by atoms with van der Waals surface area (Å²) >= 11 is 0. The van der Waals surface area contributed by atoms with Crippen LogP contribution in [0.1, 0.15) is 21.5 Å². The van der Waals surface area contributed by atoms with Gasteiger partial charge < -0.3 is 10.6 Å². The average Bonchev–Trinajstić information content (AvgIpc) is 3.17. The molecular formula is C24H21N3O4S. The van der Waals surface area contributed by atoms with E-state index >= 15 is 0 Å². The molecule has 3 aromatic rings. The highest BCUT2D eigenvalue weighted by Crippen LogP contribution is 2.37. The quantitative estimate of drug-likeness (QED) is 0.503. The molecule has 32 heavy (non-hydrogen) atoms. The van der Waals surface area contributed by atoms with Gasteiger partial charge in [0.2, 0.25) is 15.9 Å². The van der Waals surface area contributed by atoms with Gasteiger partial charge in [-0.3, -0.25) is 9.59 Å². The Morgan fingerprint density at radius 3 is 2.59 bits per heavy atom. The maximum Gasteiger partial charge on any atom is 0.255 e. The Balaban J connectivity index is 1.36. The van der Waals surface area contributed by atoms with Gasteiger partial charge in [0.05, 0.1) is 11.4 Å². The molecule has 0 atom stereocenters. The fourth-order valence-corrected chi connectivity index (χ4v) is 5.64. The van der Waals surface area contributed by atoms with Crippen molar-refractivity contribution >= 4 is 27.5 Å². The molecule has 1 fully saturated rings. The van der Waals surface area contributed by atoms with Crippen LogP contribution < -0.4 is 10.6 Å². The summed E-state index contributed by atoms with van der Waals surface area (Å²) in [5.41, 5.74) is 5.67. The number of benzene rings is 3. The molecule has 0 unspecified atom stereocenters. The first kappa shape index (κ1) is 20.4. The van der Waals surface area contributed by atoms with Crippen LogP contribution in [0.3, 0.4) is 0 Å². The van der Waals surface area contributed by atoms with Gasteiger partial charge in [-0.15, -0.1) is 0 Å². The van der Waals surface area contributed by atoms with Crippen molar-refractivity contribution in [2.75, 3.05) is 25.0 Å². The summed E-state index contributed by atoms with van der Waals surface area (Å²) in [5, 5.41) is 5.48. The van der Waals surface area contributed by atoms with Gasteiger partial charge in [-0.1, -0.05) is 36.4 Å². The minimum absolute atomic E-state index is 0.00995. The number of sulfonamides is 1. The molecule has 2 amide bonds. The number of hydrogen-bond donors (Lipinski definition) is 2. The van der Waals surface area contributed by atoms with Crippen LogP contribution in [-0.2, 0) is 21.2 Å². The second-order valence-corrected chi connectivity index (χ2v) is 9.81. The van der Waals surface area contributed by atoms with Gasteiger partial charge in [-0.2, -0.15) is 4.31 Å². The number of fused-ring (bicyclic) bond motifs is 3. The molecule has 1 aliphatic heterocycles. The molecule has 7 nitrogen and oxygen atoms in total. The topological polar surface area (TPSA) is 95.6 Å². The van der Waals surface area contributed by atoms with Gasteiger partial charge in [0.25, 0.3) is 5.91 Å². The van der Waals surface area contributed by atoms with Crippen LogP contribution in [0.5, 0.6) is 0 Å². The van der Waals surface area contributed by atoms with E-state index in [0.717, 1.165) is 21.9 Å². The molecule has 3 aromatic carbocycles. The van der Waals surface area contributed by atoms with Crippen LogP contribution in [0.15, 0.2) is 71.6 Å². The molecule has 2 N–H and O–H groups in total. The molecule has 0 aromatic heterocycles. The fourth-order valence-electron chi connectivity index (χ4n) is 4.19. The zero-order valence-corrected chi connectivity index (χ0v) is 18.0. The summed E-state index contributed by atoms with van der Waals surface area (Å²) in [4.78, 5) is 24.4. The van der Waals surface area contributed by atoms with Gasteiger partial charge in [0.15, 0.2) is 0 Å². The van der Waals surface area contributed by atoms with E-state index in [0.29, 0.717) is 5.69 Å². The first-order valence-corrected chi connectivity index (χ1v) is 11.8. The highest BCUT2D eigenvalue weighted by Gasteiger charge is 2.29. The normalized spacial score (nSPS) is 15.6. The summed E-state index contributed by atoms with van der Waals surface area (Å²) in [5.74, 6) is -0.735. The van der Waals surface area contributed by atoms with E-state index in [9.17, 15) is 18.0 Å². The summed E-state index contributed by atoms with van der Waals surface area (Å²) in [6, 6.07) is 19.9. The van der Waals surface area contributed by atoms with E-state index in [1.807, 2.05) is 30.3 Å². The second-order valence-electron chi connectivity index (χ2n) is 7.88. The van der Waals surface area contributed by atoms with Crippen molar-refractivity contribution in [1.82, 2.24) is 9.62 Å². The molecule has 0 radical (unpaired) electrons. The third kappa shape index (κ3) is 3.68. The molecule has 5 rings (SSSR count). The first-order valence-electron chi connectivity index (χ1n) is 10.3.